The third-order valence-electron chi connectivity index (χ3n) is 16.1. The molecule has 1 heterocycles. The second-order valence-corrected chi connectivity index (χ2v) is 23.6. The Morgan fingerprint density at radius 3 is 1.16 bits per heavy atom. The Kier molecular flexibility index (Phi) is 56.0. The quantitative estimate of drug-likeness (QED) is 0.0261. The number of hydrogen-bond donors (Lipinski definition) is 6. The number of amides is 1. The smallest absolute Gasteiger partial charge is 0.220 e. The SMILES string of the molecule is CC/C=C\C/C=C\C/C=C\C/C=C\C/C=C\CCCCCCCCCCCCCCCC(=O)NC(COC1OC(CO)C(O)C(O)C1O)C(O)CCCCCCCCCCCCCCCCCCCCCCCCCCCCC. The van der Waals surface area contributed by atoms with Crippen LogP contribution in [0.3, 0.4) is 0 Å². The Morgan fingerprint density at radius 1 is 0.443 bits per heavy atom. The highest BCUT2D eigenvalue weighted by atomic mass is 16.7. The van der Waals surface area contributed by atoms with Crippen LogP contribution in [0.25, 0.3) is 0 Å². The lowest BCUT2D eigenvalue weighted by atomic mass is 9.99. The van der Waals surface area contributed by atoms with Crippen molar-refractivity contribution in [1.82, 2.24) is 5.32 Å². The van der Waals surface area contributed by atoms with Crippen LogP contribution in [0, 0.1) is 0 Å². The molecule has 1 fully saturated rings. The fourth-order valence-electron chi connectivity index (χ4n) is 10.8. The Bertz CT molecular complexity index is 1430. The highest BCUT2D eigenvalue weighted by Gasteiger charge is 2.44. The lowest BCUT2D eigenvalue weighted by Gasteiger charge is -2.40. The van der Waals surface area contributed by atoms with Crippen molar-refractivity contribution in [1.29, 1.82) is 0 Å². The Labute approximate surface area is 487 Å². The van der Waals surface area contributed by atoms with Crippen LogP contribution < -0.4 is 5.32 Å². The van der Waals surface area contributed by atoms with Gasteiger partial charge in [0.15, 0.2) is 6.29 Å². The summed E-state index contributed by atoms with van der Waals surface area (Å²) in [4.78, 5) is 13.1. The Hall–Kier alpha value is -2.11. The number of nitrogens with one attached hydrogen (secondary N) is 1. The molecule has 462 valence electrons. The van der Waals surface area contributed by atoms with Gasteiger partial charge in [0.2, 0.25) is 5.91 Å². The fourth-order valence-corrected chi connectivity index (χ4v) is 10.8. The number of carbonyl (C=O) groups excluding carboxylic acids is 1. The topological polar surface area (TPSA) is 149 Å². The molecule has 0 saturated carbocycles. The van der Waals surface area contributed by atoms with E-state index in [-0.39, 0.29) is 12.5 Å². The summed E-state index contributed by atoms with van der Waals surface area (Å²) in [6.45, 7) is 3.77. The first kappa shape index (κ1) is 74.9. The lowest BCUT2D eigenvalue weighted by Crippen LogP contribution is -2.60. The standard InChI is InChI=1S/C70H129NO8/c1-3-5-7-9-11-13-15-17-19-21-23-25-27-29-31-32-34-36-38-40-42-44-46-48-50-52-54-56-58-60-66(74)71-63(62-78-70-69(77)68(76)67(75)65(61-72)79-70)64(73)59-57-55-53-51-49-47-45-43-41-39-37-35-33-30-28-26-24-22-20-18-16-14-12-10-8-6-4-2/h5,7,11,13,17,19,23,25,29,31,63-65,67-70,72-73,75-77H,3-4,6,8-10,12,14-16,18,20-22,24,26-28,30,32-62H2,1-2H3,(H,71,74)/b7-5-,13-11-,19-17-,25-23-,31-29-. The summed E-state index contributed by atoms with van der Waals surface area (Å²) in [7, 11) is 0. The van der Waals surface area contributed by atoms with Gasteiger partial charge < -0.3 is 40.3 Å². The predicted octanol–water partition coefficient (Wildman–Crippen LogP) is 18.2. The van der Waals surface area contributed by atoms with Crippen LogP contribution in [0.1, 0.15) is 322 Å². The number of rotatable bonds is 59. The molecule has 0 bridgehead atoms. The maximum Gasteiger partial charge on any atom is 0.220 e. The number of allylic oxidation sites excluding steroid dienone is 10. The van der Waals surface area contributed by atoms with E-state index in [1.54, 1.807) is 0 Å². The van der Waals surface area contributed by atoms with Gasteiger partial charge >= 0.3 is 0 Å². The van der Waals surface area contributed by atoms with Gasteiger partial charge in [0, 0.05) is 6.42 Å². The summed E-state index contributed by atoms with van der Waals surface area (Å²) in [6, 6.07) is -0.724. The van der Waals surface area contributed by atoms with E-state index < -0.39 is 49.5 Å². The van der Waals surface area contributed by atoms with Gasteiger partial charge in [-0.15, -0.1) is 0 Å². The molecule has 1 saturated heterocycles. The van der Waals surface area contributed by atoms with Crippen molar-refractivity contribution in [3.63, 3.8) is 0 Å². The number of unbranched alkanes of at least 4 members (excludes halogenated alkanes) is 39. The van der Waals surface area contributed by atoms with Crippen LogP contribution in [-0.2, 0) is 14.3 Å². The van der Waals surface area contributed by atoms with Crippen LogP contribution in [0.5, 0.6) is 0 Å². The maximum absolute atomic E-state index is 13.1. The van der Waals surface area contributed by atoms with E-state index in [9.17, 15) is 30.3 Å². The van der Waals surface area contributed by atoms with Gasteiger partial charge in [-0.05, 0) is 57.8 Å². The Balaban J connectivity index is 2.13. The van der Waals surface area contributed by atoms with Crippen LogP contribution in [0.2, 0.25) is 0 Å². The van der Waals surface area contributed by atoms with E-state index in [2.05, 4.69) is 79.9 Å². The second kappa shape index (κ2) is 59.1. The normalized spacial score (nSPS) is 18.9. The molecular formula is C70H129NO8. The molecule has 0 spiro atoms. The van der Waals surface area contributed by atoms with Gasteiger partial charge in [-0.25, -0.2) is 0 Å². The summed E-state index contributed by atoms with van der Waals surface area (Å²) < 4.78 is 11.4. The molecule has 9 nitrogen and oxygen atoms in total. The highest BCUT2D eigenvalue weighted by Crippen LogP contribution is 2.24. The molecule has 0 aromatic carbocycles. The summed E-state index contributed by atoms with van der Waals surface area (Å²) in [5.74, 6) is -0.143. The molecule has 6 N–H and O–H groups in total. The van der Waals surface area contributed by atoms with E-state index in [4.69, 9.17) is 9.47 Å². The molecule has 0 radical (unpaired) electrons. The largest absolute Gasteiger partial charge is 0.394 e. The van der Waals surface area contributed by atoms with E-state index in [0.29, 0.717) is 12.8 Å². The molecule has 0 aromatic rings. The zero-order valence-electron chi connectivity index (χ0n) is 51.6. The molecule has 1 aliphatic rings. The average Bonchev–Trinajstić information content (AvgIpc) is 3.47. The van der Waals surface area contributed by atoms with Crippen LogP contribution in [0.4, 0.5) is 0 Å². The van der Waals surface area contributed by atoms with Gasteiger partial charge in [0.1, 0.15) is 24.4 Å². The van der Waals surface area contributed by atoms with Crippen molar-refractivity contribution in [3.05, 3.63) is 60.8 Å². The molecule has 1 amide bonds. The number of aliphatic hydroxyl groups is 5. The Morgan fingerprint density at radius 2 is 0.785 bits per heavy atom. The minimum atomic E-state index is -1.56. The minimum absolute atomic E-state index is 0.138. The number of ether oxygens (including phenoxy) is 2. The van der Waals surface area contributed by atoms with Gasteiger partial charge in [-0.3, -0.25) is 4.79 Å². The summed E-state index contributed by atoms with van der Waals surface area (Å²) in [5, 5.41) is 54.9. The number of hydrogen-bond acceptors (Lipinski definition) is 8. The third-order valence-corrected chi connectivity index (χ3v) is 16.1. The predicted molar refractivity (Wildman–Crippen MR) is 336 cm³/mol. The number of carbonyl (C=O) groups is 1. The van der Waals surface area contributed by atoms with Crippen LogP contribution in [-0.4, -0.2) is 87.5 Å². The first-order chi connectivity index (χ1) is 38.8. The third kappa shape index (κ3) is 48.0. The van der Waals surface area contributed by atoms with Crippen molar-refractivity contribution in [3.8, 4) is 0 Å². The molecule has 7 unspecified atom stereocenters. The zero-order chi connectivity index (χ0) is 57.2. The van der Waals surface area contributed by atoms with Crippen molar-refractivity contribution in [2.45, 2.75) is 365 Å². The molecule has 1 aliphatic heterocycles. The molecule has 0 aromatic heterocycles. The maximum atomic E-state index is 13.1. The lowest BCUT2D eigenvalue weighted by molar-refractivity contribution is -0.302. The van der Waals surface area contributed by atoms with E-state index in [1.165, 1.54) is 225 Å². The van der Waals surface area contributed by atoms with E-state index in [1.807, 2.05) is 0 Å². The first-order valence-electron chi connectivity index (χ1n) is 34.0. The van der Waals surface area contributed by atoms with E-state index >= 15 is 0 Å². The van der Waals surface area contributed by atoms with Crippen molar-refractivity contribution in [2.75, 3.05) is 13.2 Å². The van der Waals surface area contributed by atoms with Crippen molar-refractivity contribution >= 4 is 5.91 Å². The zero-order valence-corrected chi connectivity index (χ0v) is 51.6. The molecule has 79 heavy (non-hydrogen) atoms. The van der Waals surface area contributed by atoms with Crippen LogP contribution in [0.15, 0.2) is 60.8 Å². The highest BCUT2D eigenvalue weighted by molar-refractivity contribution is 5.76. The van der Waals surface area contributed by atoms with Gasteiger partial charge in [0.25, 0.3) is 0 Å². The van der Waals surface area contributed by atoms with E-state index in [0.717, 1.165) is 70.6 Å². The molecule has 0 aliphatic carbocycles. The second-order valence-electron chi connectivity index (χ2n) is 23.6. The molecule has 1 rings (SSSR count). The first-order valence-corrected chi connectivity index (χ1v) is 34.0. The van der Waals surface area contributed by atoms with Gasteiger partial charge in [-0.2, -0.15) is 0 Å². The van der Waals surface area contributed by atoms with Gasteiger partial charge in [0.05, 0.1) is 25.4 Å². The fraction of sp³-hybridized carbons (Fsp3) is 0.843. The minimum Gasteiger partial charge on any atom is -0.394 e. The average molecular weight is 1110 g/mol. The summed E-state index contributed by atoms with van der Waals surface area (Å²) in [6.07, 6.45) is 74.2. The molecule has 7 atom stereocenters. The van der Waals surface area contributed by atoms with Gasteiger partial charge in [-0.1, -0.05) is 319 Å². The van der Waals surface area contributed by atoms with Crippen LogP contribution >= 0.6 is 0 Å². The summed E-state index contributed by atoms with van der Waals surface area (Å²) >= 11 is 0. The number of aliphatic hydroxyl groups excluding tert-OH is 5. The summed E-state index contributed by atoms with van der Waals surface area (Å²) in [5.41, 5.74) is 0. The monoisotopic (exact) mass is 1110 g/mol. The van der Waals surface area contributed by atoms with Crippen molar-refractivity contribution in [2.24, 2.45) is 0 Å². The van der Waals surface area contributed by atoms with Crippen molar-refractivity contribution < 1.29 is 39.8 Å². The molecular weight excluding hydrogens is 983 g/mol. The molecule has 9 heteroatoms.